The number of hydrogen-bond donors (Lipinski definition) is 3. The monoisotopic (exact) mass is 565 g/mol. The van der Waals surface area contributed by atoms with Crippen molar-refractivity contribution in [3.05, 3.63) is 59.7 Å². The molecule has 0 aromatic heterocycles. The number of hydrogen-bond acceptors (Lipinski definition) is 4. The van der Waals surface area contributed by atoms with E-state index in [2.05, 4.69) is 38.0 Å². The Morgan fingerprint density at radius 1 is 1.06 bits per heavy atom. The van der Waals surface area contributed by atoms with Crippen molar-refractivity contribution in [2.75, 3.05) is 45.7 Å². The van der Waals surface area contributed by atoms with E-state index in [1.807, 2.05) is 36.4 Å². The van der Waals surface area contributed by atoms with Crippen LogP contribution >= 0.6 is 24.0 Å². The topological polar surface area (TPSA) is 78.0 Å². The molecule has 0 saturated carbocycles. The smallest absolute Gasteiger partial charge is 0.221 e. The fourth-order valence-electron chi connectivity index (χ4n) is 4.03. The summed E-state index contributed by atoms with van der Waals surface area (Å²) in [6.07, 6.45) is 3.37. The number of halogens is 1. The molecule has 0 spiro atoms. The maximum atomic E-state index is 11.1. The molecule has 1 aliphatic heterocycles. The number of benzene rings is 2. The second-order valence-corrected chi connectivity index (χ2v) is 8.04. The standard InChI is InChI=1S/C25H35N5O2.HI/c1-19(31)29-22-10-6-20(7-11-22)14-15-27-25(26-2)28-18-24(30-16-4-5-17-30)21-8-12-23(32-3)13-9-21;/h6-13,24H,4-5,14-18H2,1-3H3,(H,29,31)(H2,26,27,28);1H. The van der Waals surface area contributed by atoms with Gasteiger partial charge in [-0.05, 0) is 67.7 Å². The summed E-state index contributed by atoms with van der Waals surface area (Å²) in [6, 6.07) is 16.6. The SMILES string of the molecule is CN=C(NCCc1ccc(NC(C)=O)cc1)NCC(c1ccc(OC)cc1)N1CCCC1.I. The molecule has 0 bridgehead atoms. The van der Waals surface area contributed by atoms with Crippen molar-refractivity contribution in [1.82, 2.24) is 15.5 Å². The molecule has 2 aromatic carbocycles. The van der Waals surface area contributed by atoms with Crippen LogP contribution in [0, 0.1) is 0 Å². The molecule has 8 heteroatoms. The van der Waals surface area contributed by atoms with Gasteiger partial charge >= 0.3 is 0 Å². The highest BCUT2D eigenvalue weighted by Crippen LogP contribution is 2.26. The average molecular weight is 566 g/mol. The van der Waals surface area contributed by atoms with Crippen LogP contribution in [0.2, 0.25) is 0 Å². The molecule has 180 valence electrons. The maximum Gasteiger partial charge on any atom is 0.221 e. The van der Waals surface area contributed by atoms with Crippen molar-refractivity contribution in [2.45, 2.75) is 32.2 Å². The highest BCUT2D eigenvalue weighted by atomic mass is 127. The molecule has 1 fully saturated rings. The third kappa shape index (κ3) is 8.51. The number of nitrogens with one attached hydrogen (secondary N) is 3. The third-order valence-electron chi connectivity index (χ3n) is 5.75. The largest absolute Gasteiger partial charge is 0.497 e. The summed E-state index contributed by atoms with van der Waals surface area (Å²) in [6.45, 7) is 5.32. The number of methoxy groups -OCH3 is 1. The van der Waals surface area contributed by atoms with Crippen LogP contribution in [-0.4, -0.2) is 57.1 Å². The van der Waals surface area contributed by atoms with E-state index in [0.29, 0.717) is 6.04 Å². The number of likely N-dealkylation sites (tertiary alicyclic amines) is 1. The van der Waals surface area contributed by atoms with E-state index in [9.17, 15) is 4.79 Å². The predicted octanol–water partition coefficient (Wildman–Crippen LogP) is 3.82. The van der Waals surface area contributed by atoms with Crippen LogP contribution in [0.15, 0.2) is 53.5 Å². The lowest BCUT2D eigenvalue weighted by Gasteiger charge is -2.29. The van der Waals surface area contributed by atoms with Gasteiger partial charge in [0.15, 0.2) is 5.96 Å². The van der Waals surface area contributed by atoms with E-state index in [1.165, 1.54) is 30.9 Å². The van der Waals surface area contributed by atoms with Gasteiger partial charge in [0.25, 0.3) is 0 Å². The van der Waals surface area contributed by atoms with Crippen LogP contribution in [0.3, 0.4) is 0 Å². The molecule has 1 heterocycles. The van der Waals surface area contributed by atoms with Crippen molar-refractivity contribution in [3.8, 4) is 5.75 Å². The molecule has 1 aliphatic rings. The van der Waals surface area contributed by atoms with Gasteiger partial charge in [-0.25, -0.2) is 0 Å². The predicted molar refractivity (Wildman–Crippen MR) is 146 cm³/mol. The number of amides is 1. The molecule has 0 aliphatic carbocycles. The Morgan fingerprint density at radius 3 is 2.30 bits per heavy atom. The van der Waals surface area contributed by atoms with Gasteiger partial charge in [0.1, 0.15) is 5.75 Å². The summed E-state index contributed by atoms with van der Waals surface area (Å²) in [5, 5.41) is 9.71. The highest BCUT2D eigenvalue weighted by Gasteiger charge is 2.23. The van der Waals surface area contributed by atoms with Crippen LogP contribution in [0.1, 0.15) is 36.9 Å². The summed E-state index contributed by atoms with van der Waals surface area (Å²) < 4.78 is 5.32. The van der Waals surface area contributed by atoms with Crippen molar-refractivity contribution < 1.29 is 9.53 Å². The van der Waals surface area contributed by atoms with Crippen LogP contribution in [0.4, 0.5) is 5.69 Å². The minimum atomic E-state index is -0.0591. The van der Waals surface area contributed by atoms with E-state index in [1.54, 1.807) is 14.2 Å². The molecule has 7 nitrogen and oxygen atoms in total. The number of guanidine groups is 1. The zero-order valence-corrected chi connectivity index (χ0v) is 22.1. The quantitative estimate of drug-likeness (QED) is 0.245. The second-order valence-electron chi connectivity index (χ2n) is 8.04. The zero-order chi connectivity index (χ0) is 22.8. The molecule has 3 N–H and O–H groups in total. The fourth-order valence-corrected chi connectivity index (χ4v) is 4.03. The van der Waals surface area contributed by atoms with Gasteiger partial charge in [-0.3, -0.25) is 14.7 Å². The Balaban J connectivity index is 0.00000385. The van der Waals surface area contributed by atoms with Gasteiger partial charge < -0.3 is 20.7 Å². The average Bonchev–Trinajstić information content (AvgIpc) is 3.34. The molecule has 1 unspecified atom stereocenters. The van der Waals surface area contributed by atoms with E-state index in [4.69, 9.17) is 4.74 Å². The number of nitrogens with zero attached hydrogens (tertiary/aromatic N) is 2. The van der Waals surface area contributed by atoms with E-state index in [-0.39, 0.29) is 29.9 Å². The van der Waals surface area contributed by atoms with Gasteiger partial charge in [-0.15, -0.1) is 24.0 Å². The van der Waals surface area contributed by atoms with Gasteiger partial charge in [0, 0.05) is 32.7 Å². The first kappa shape index (κ1) is 26.9. The number of carbonyl (C=O) groups excluding carboxylic acids is 1. The summed E-state index contributed by atoms with van der Waals surface area (Å²) >= 11 is 0. The first-order valence-corrected chi connectivity index (χ1v) is 11.3. The van der Waals surface area contributed by atoms with Crippen molar-refractivity contribution in [3.63, 3.8) is 0 Å². The molecule has 1 amide bonds. The third-order valence-corrected chi connectivity index (χ3v) is 5.75. The molecule has 1 saturated heterocycles. The van der Waals surface area contributed by atoms with Gasteiger partial charge in [-0.1, -0.05) is 24.3 Å². The number of carbonyl (C=O) groups is 1. The Labute approximate surface area is 214 Å². The summed E-state index contributed by atoms with van der Waals surface area (Å²) in [5.74, 6) is 1.62. The van der Waals surface area contributed by atoms with Crippen molar-refractivity contribution in [1.29, 1.82) is 0 Å². The van der Waals surface area contributed by atoms with E-state index >= 15 is 0 Å². The minimum Gasteiger partial charge on any atom is -0.497 e. The highest BCUT2D eigenvalue weighted by molar-refractivity contribution is 14.0. The fraction of sp³-hybridized carbons (Fsp3) is 0.440. The first-order valence-electron chi connectivity index (χ1n) is 11.3. The molecular formula is C25H36IN5O2. The zero-order valence-electron chi connectivity index (χ0n) is 19.8. The Bertz CT molecular complexity index is 881. The lowest BCUT2D eigenvalue weighted by molar-refractivity contribution is -0.114. The van der Waals surface area contributed by atoms with Gasteiger partial charge in [0.2, 0.25) is 5.91 Å². The van der Waals surface area contributed by atoms with Crippen LogP contribution in [0.25, 0.3) is 0 Å². The molecule has 1 atom stereocenters. The Kier molecular flexibility index (Phi) is 11.5. The summed E-state index contributed by atoms with van der Waals surface area (Å²) in [5.41, 5.74) is 3.31. The summed E-state index contributed by atoms with van der Waals surface area (Å²) in [7, 11) is 3.50. The van der Waals surface area contributed by atoms with Crippen LogP contribution in [-0.2, 0) is 11.2 Å². The summed E-state index contributed by atoms with van der Waals surface area (Å²) in [4.78, 5) is 18.1. The number of ether oxygens (including phenoxy) is 1. The minimum absolute atomic E-state index is 0. The second kappa shape index (κ2) is 14.0. The number of rotatable bonds is 9. The van der Waals surface area contributed by atoms with Crippen molar-refractivity contribution in [2.24, 2.45) is 4.99 Å². The number of aliphatic imine (C=N–C) groups is 1. The lowest BCUT2D eigenvalue weighted by atomic mass is 10.1. The van der Waals surface area contributed by atoms with Gasteiger partial charge in [0.05, 0.1) is 13.2 Å². The molecule has 33 heavy (non-hydrogen) atoms. The first-order chi connectivity index (χ1) is 15.6. The van der Waals surface area contributed by atoms with E-state index in [0.717, 1.165) is 50.0 Å². The normalized spacial score (nSPS) is 14.8. The molecule has 2 aromatic rings. The van der Waals surface area contributed by atoms with Crippen LogP contribution < -0.4 is 20.7 Å². The lowest BCUT2D eigenvalue weighted by Crippen LogP contribution is -2.43. The van der Waals surface area contributed by atoms with Crippen molar-refractivity contribution >= 4 is 41.5 Å². The van der Waals surface area contributed by atoms with Gasteiger partial charge in [-0.2, -0.15) is 0 Å². The molecule has 3 rings (SSSR count). The molecule has 0 radical (unpaired) electrons. The Hall–Kier alpha value is -2.33. The maximum absolute atomic E-state index is 11.1. The number of anilines is 1. The van der Waals surface area contributed by atoms with Crippen LogP contribution in [0.5, 0.6) is 5.75 Å². The molecular weight excluding hydrogens is 529 g/mol. The van der Waals surface area contributed by atoms with E-state index < -0.39 is 0 Å². The Morgan fingerprint density at radius 2 is 1.73 bits per heavy atom.